The van der Waals surface area contributed by atoms with Gasteiger partial charge in [0.1, 0.15) is 22.7 Å². The Morgan fingerprint density at radius 2 is 1.81 bits per heavy atom. The summed E-state index contributed by atoms with van der Waals surface area (Å²) in [5.74, 6) is -2.05. The predicted molar refractivity (Wildman–Crippen MR) is 134 cm³/mol. The molecule has 5 N–H and O–H groups in total. The number of aromatic hydroxyl groups is 1. The second-order valence-corrected chi connectivity index (χ2v) is 9.15. The molecule has 12 heteroatoms. The number of nitrogens with one attached hydrogen (secondary N) is 4. The maximum Gasteiger partial charge on any atom is 0.328 e. The Morgan fingerprint density at radius 3 is 2.44 bits per heavy atom. The van der Waals surface area contributed by atoms with Crippen molar-refractivity contribution in [1.82, 2.24) is 15.3 Å². The molecule has 1 aromatic heterocycles. The van der Waals surface area contributed by atoms with Crippen LogP contribution in [0.1, 0.15) is 36.1 Å². The van der Waals surface area contributed by atoms with Crippen LogP contribution in [0.15, 0.2) is 63.1 Å². The van der Waals surface area contributed by atoms with Gasteiger partial charge in [-0.25, -0.2) is 14.2 Å². The number of hydrogen-bond donors (Lipinski definition) is 5. The fourth-order valence-electron chi connectivity index (χ4n) is 3.61. The van der Waals surface area contributed by atoms with Crippen molar-refractivity contribution < 1.29 is 19.1 Å². The third-order valence-electron chi connectivity index (χ3n) is 5.46. The number of aromatic nitrogens is 2. The molecular formula is C24H22FN5O5S. The molecule has 4 rings (SSSR count). The average Bonchev–Trinajstić information content (AvgIpc) is 3.17. The number of aryl methyl sites for hydroxylation is 1. The summed E-state index contributed by atoms with van der Waals surface area (Å²) < 4.78 is 13.5. The Kier molecular flexibility index (Phi) is 7.34. The fraction of sp³-hybridized carbons (Fsp3) is 0.208. The molecule has 186 valence electrons. The molecule has 2 aromatic carbocycles. The zero-order chi connectivity index (χ0) is 25.8. The van der Waals surface area contributed by atoms with Gasteiger partial charge in [-0.1, -0.05) is 43.0 Å². The third kappa shape index (κ3) is 5.71. The van der Waals surface area contributed by atoms with Gasteiger partial charge in [0, 0.05) is 12.1 Å². The maximum atomic E-state index is 13.5. The number of amidine groups is 1. The van der Waals surface area contributed by atoms with Gasteiger partial charge in [-0.05, 0) is 41.8 Å². The number of thioether (sulfide) groups is 1. The lowest BCUT2D eigenvalue weighted by molar-refractivity contribution is -0.122. The van der Waals surface area contributed by atoms with Crippen molar-refractivity contribution in [3.8, 4) is 5.88 Å². The Hall–Kier alpha value is -4.19. The number of H-pyrrole nitrogens is 2. The Morgan fingerprint density at radius 1 is 1.11 bits per heavy atom. The highest BCUT2D eigenvalue weighted by molar-refractivity contribution is 8.15. The molecule has 1 aliphatic heterocycles. The largest absolute Gasteiger partial charge is 0.494 e. The van der Waals surface area contributed by atoms with Crippen LogP contribution in [0.25, 0.3) is 0 Å². The molecule has 0 spiro atoms. The van der Waals surface area contributed by atoms with Gasteiger partial charge in [-0.15, -0.1) is 0 Å². The van der Waals surface area contributed by atoms with E-state index in [2.05, 4.69) is 20.6 Å². The minimum atomic E-state index is -1.18. The highest BCUT2D eigenvalue weighted by Gasteiger charge is 2.33. The Bertz CT molecular complexity index is 1430. The number of hydrogen-bond acceptors (Lipinski definition) is 7. The Balaban J connectivity index is 1.56. The summed E-state index contributed by atoms with van der Waals surface area (Å²) in [5, 5.41) is 14.9. The first-order valence-corrected chi connectivity index (χ1v) is 11.9. The summed E-state index contributed by atoms with van der Waals surface area (Å²) in [6.07, 6.45) is 0.744. The molecule has 1 aliphatic rings. The molecule has 1 fully saturated rings. The third-order valence-corrected chi connectivity index (χ3v) is 6.55. The predicted octanol–water partition coefficient (Wildman–Crippen LogP) is 2.18. The van der Waals surface area contributed by atoms with E-state index < -0.39 is 40.1 Å². The lowest BCUT2D eigenvalue weighted by Crippen LogP contribution is -2.29. The van der Waals surface area contributed by atoms with Gasteiger partial charge < -0.3 is 15.7 Å². The van der Waals surface area contributed by atoms with E-state index in [9.17, 15) is 28.7 Å². The van der Waals surface area contributed by atoms with Crippen molar-refractivity contribution in [2.75, 3.05) is 5.32 Å². The molecule has 0 aliphatic carbocycles. The van der Waals surface area contributed by atoms with Gasteiger partial charge >= 0.3 is 5.69 Å². The van der Waals surface area contributed by atoms with Gasteiger partial charge in [0.2, 0.25) is 17.7 Å². The average molecular weight is 512 g/mol. The monoisotopic (exact) mass is 511 g/mol. The molecular weight excluding hydrogens is 489 g/mol. The second kappa shape index (κ2) is 10.6. The Labute approximate surface area is 208 Å². The van der Waals surface area contributed by atoms with Crippen LogP contribution < -0.4 is 21.9 Å². The minimum absolute atomic E-state index is 0.101. The van der Waals surface area contributed by atoms with Crippen LogP contribution in [0.3, 0.4) is 0 Å². The van der Waals surface area contributed by atoms with E-state index in [4.69, 9.17) is 0 Å². The van der Waals surface area contributed by atoms with Crippen LogP contribution in [0.2, 0.25) is 0 Å². The molecule has 2 heterocycles. The van der Waals surface area contributed by atoms with Gasteiger partial charge in [0.15, 0.2) is 5.17 Å². The van der Waals surface area contributed by atoms with Gasteiger partial charge in [0.05, 0.1) is 0 Å². The van der Waals surface area contributed by atoms with Crippen LogP contribution in [0, 0.1) is 5.82 Å². The number of halogens is 1. The van der Waals surface area contributed by atoms with E-state index in [-0.39, 0.29) is 23.1 Å². The summed E-state index contributed by atoms with van der Waals surface area (Å²) in [4.78, 5) is 57.5. The normalized spacial score (nSPS) is 17.1. The lowest BCUT2D eigenvalue weighted by Gasteiger charge is -2.14. The van der Waals surface area contributed by atoms with E-state index in [1.165, 1.54) is 12.1 Å². The smallest absolute Gasteiger partial charge is 0.328 e. The van der Waals surface area contributed by atoms with Crippen molar-refractivity contribution in [1.29, 1.82) is 0 Å². The number of rotatable bonds is 7. The number of nitrogens with zero attached hydrogens (tertiary/aromatic N) is 1. The van der Waals surface area contributed by atoms with Gasteiger partial charge in [0.25, 0.3) is 5.56 Å². The highest BCUT2D eigenvalue weighted by atomic mass is 32.2. The summed E-state index contributed by atoms with van der Waals surface area (Å²) in [6, 6.07) is 11.2. The van der Waals surface area contributed by atoms with Gasteiger partial charge in [-0.2, -0.15) is 0 Å². The molecule has 1 saturated heterocycles. The number of carbonyl (C=O) groups is 2. The van der Waals surface area contributed by atoms with Crippen molar-refractivity contribution in [3.63, 3.8) is 0 Å². The number of anilines is 1. The van der Waals surface area contributed by atoms with Crippen LogP contribution in [-0.2, 0) is 16.0 Å². The molecule has 0 bridgehead atoms. The molecule has 3 aromatic rings. The van der Waals surface area contributed by atoms with Crippen molar-refractivity contribution >= 4 is 34.4 Å². The SMILES string of the molecule is CCc1ccc(NC(=O)C[C@@H]2SC(=N[C@@H](c3ccc(F)cc3)c3c(O)[nH]c(=O)[nH]c3=O)NC2=O)cc1. The number of aliphatic imine (C=N–C) groups is 1. The van der Waals surface area contributed by atoms with Crippen molar-refractivity contribution in [2.45, 2.75) is 31.1 Å². The minimum Gasteiger partial charge on any atom is -0.494 e. The van der Waals surface area contributed by atoms with Crippen LogP contribution >= 0.6 is 11.8 Å². The first-order valence-electron chi connectivity index (χ1n) is 11.0. The van der Waals surface area contributed by atoms with E-state index in [0.717, 1.165) is 35.9 Å². The van der Waals surface area contributed by atoms with Crippen LogP contribution in [0.4, 0.5) is 10.1 Å². The fourth-order valence-corrected chi connectivity index (χ4v) is 4.61. The molecule has 10 nitrogen and oxygen atoms in total. The molecule has 0 unspecified atom stereocenters. The van der Waals surface area contributed by atoms with E-state index in [1.54, 1.807) is 12.1 Å². The van der Waals surface area contributed by atoms with E-state index in [0.29, 0.717) is 11.3 Å². The first-order chi connectivity index (χ1) is 17.2. The zero-order valence-corrected chi connectivity index (χ0v) is 19.8. The number of aromatic amines is 2. The molecule has 36 heavy (non-hydrogen) atoms. The summed E-state index contributed by atoms with van der Waals surface area (Å²) in [5.41, 5.74) is -0.0372. The second-order valence-electron chi connectivity index (χ2n) is 7.96. The summed E-state index contributed by atoms with van der Waals surface area (Å²) >= 11 is 0.988. The van der Waals surface area contributed by atoms with E-state index in [1.807, 2.05) is 24.0 Å². The standard InChI is InChI=1S/C24H22FN5O5S/c1-2-12-3-9-15(10-4-12)26-17(31)11-16-20(32)30-24(36-16)27-19(13-5-7-14(25)8-6-13)18-21(33)28-23(35)29-22(18)34/h3-10,16,19H,2,11H2,1H3,(H,26,31)(H,27,30,32)(H3,28,29,33,34,35)/t16-,19-/m0/s1. The summed E-state index contributed by atoms with van der Waals surface area (Å²) in [7, 11) is 0. The van der Waals surface area contributed by atoms with Crippen molar-refractivity contribution in [2.24, 2.45) is 4.99 Å². The highest BCUT2D eigenvalue weighted by Crippen LogP contribution is 2.31. The first kappa shape index (κ1) is 24.9. The lowest BCUT2D eigenvalue weighted by atomic mass is 10.0. The molecule has 2 atom stereocenters. The molecule has 0 saturated carbocycles. The number of amides is 2. The molecule has 0 radical (unpaired) electrons. The maximum absolute atomic E-state index is 13.5. The quantitative estimate of drug-likeness (QED) is 0.327. The number of carbonyl (C=O) groups excluding carboxylic acids is 2. The van der Waals surface area contributed by atoms with E-state index >= 15 is 0 Å². The summed E-state index contributed by atoms with van der Waals surface area (Å²) in [6.45, 7) is 2.03. The van der Waals surface area contributed by atoms with Gasteiger partial charge in [-0.3, -0.25) is 24.4 Å². The van der Waals surface area contributed by atoms with Crippen molar-refractivity contribution in [3.05, 3.63) is 91.9 Å². The van der Waals surface area contributed by atoms with Crippen LogP contribution in [-0.4, -0.2) is 37.3 Å². The van der Waals surface area contributed by atoms with Crippen LogP contribution in [0.5, 0.6) is 5.88 Å². The topological polar surface area (TPSA) is 157 Å². The zero-order valence-electron chi connectivity index (χ0n) is 19.0. The number of benzene rings is 2. The molecule has 2 amide bonds.